The maximum absolute atomic E-state index is 12.5. The van der Waals surface area contributed by atoms with Crippen LogP contribution in [0.3, 0.4) is 0 Å². The Bertz CT molecular complexity index is 693. The molecule has 2 aromatic carbocycles. The van der Waals surface area contributed by atoms with Crippen molar-refractivity contribution in [3.8, 4) is 0 Å². The third kappa shape index (κ3) is 2.92. The Hall–Kier alpha value is -1.51. The van der Waals surface area contributed by atoms with Gasteiger partial charge in [-0.05, 0) is 36.8 Å². The monoisotopic (exact) mass is 319 g/mol. The van der Waals surface area contributed by atoms with E-state index in [4.69, 9.17) is 23.2 Å². The lowest BCUT2D eigenvalue weighted by Gasteiger charge is -2.39. The number of hydrogen-bond donors (Lipinski definition) is 0. The van der Waals surface area contributed by atoms with Gasteiger partial charge < -0.3 is 4.90 Å². The van der Waals surface area contributed by atoms with Crippen LogP contribution in [0.15, 0.2) is 42.5 Å². The molecule has 0 bridgehead atoms. The molecular weight excluding hydrogens is 305 g/mol. The summed E-state index contributed by atoms with van der Waals surface area (Å²) < 4.78 is 0. The van der Waals surface area contributed by atoms with E-state index in [-0.39, 0.29) is 5.91 Å². The van der Waals surface area contributed by atoms with Gasteiger partial charge in [0.15, 0.2) is 0 Å². The molecule has 3 rings (SSSR count). The van der Waals surface area contributed by atoms with Gasteiger partial charge in [0.05, 0.1) is 10.6 Å². The van der Waals surface area contributed by atoms with E-state index in [1.165, 1.54) is 5.56 Å². The first-order valence-electron chi connectivity index (χ1n) is 6.85. The number of halogens is 2. The maximum atomic E-state index is 12.5. The van der Waals surface area contributed by atoms with E-state index in [9.17, 15) is 4.79 Å². The van der Waals surface area contributed by atoms with Crippen molar-refractivity contribution in [2.45, 2.75) is 12.8 Å². The summed E-state index contributed by atoms with van der Waals surface area (Å²) in [5.41, 5.74) is 2.80. The molecule has 1 heterocycles. The summed E-state index contributed by atoms with van der Waals surface area (Å²) in [6.07, 6.45) is 0. The van der Waals surface area contributed by atoms with Gasteiger partial charge in [0.2, 0.25) is 0 Å². The molecule has 0 spiro atoms. The van der Waals surface area contributed by atoms with Crippen molar-refractivity contribution in [3.05, 3.63) is 69.2 Å². The Balaban J connectivity index is 1.71. The first-order chi connectivity index (χ1) is 10.0. The highest BCUT2D eigenvalue weighted by molar-refractivity contribution is 6.33. The fourth-order valence-electron chi connectivity index (χ4n) is 2.59. The minimum Gasteiger partial charge on any atom is -0.337 e. The molecule has 2 nitrogen and oxygen atoms in total. The van der Waals surface area contributed by atoms with E-state index < -0.39 is 0 Å². The smallest absolute Gasteiger partial charge is 0.255 e. The van der Waals surface area contributed by atoms with Crippen molar-refractivity contribution in [2.24, 2.45) is 0 Å². The minimum atomic E-state index is 0.00183. The van der Waals surface area contributed by atoms with Gasteiger partial charge in [0.25, 0.3) is 5.91 Å². The first kappa shape index (κ1) is 14.4. The first-order valence-corrected chi connectivity index (χ1v) is 7.61. The van der Waals surface area contributed by atoms with E-state index in [1.54, 1.807) is 6.07 Å². The van der Waals surface area contributed by atoms with Gasteiger partial charge in [-0.25, -0.2) is 0 Å². The van der Waals surface area contributed by atoms with Crippen LogP contribution in [-0.4, -0.2) is 23.9 Å². The van der Waals surface area contributed by atoms with Crippen molar-refractivity contribution in [1.29, 1.82) is 0 Å². The Morgan fingerprint density at radius 1 is 1.14 bits per heavy atom. The van der Waals surface area contributed by atoms with Crippen molar-refractivity contribution in [3.63, 3.8) is 0 Å². The molecule has 21 heavy (non-hydrogen) atoms. The molecule has 2 aromatic rings. The summed E-state index contributed by atoms with van der Waals surface area (Å²) in [6, 6.07) is 13.4. The van der Waals surface area contributed by atoms with Gasteiger partial charge in [-0.15, -0.1) is 0 Å². The molecular formula is C17H15Cl2NO. The van der Waals surface area contributed by atoms with Crippen LogP contribution in [0.2, 0.25) is 10.0 Å². The van der Waals surface area contributed by atoms with Crippen molar-refractivity contribution >= 4 is 29.1 Å². The maximum Gasteiger partial charge on any atom is 0.255 e. The molecule has 0 aliphatic carbocycles. The third-order valence-electron chi connectivity index (χ3n) is 3.84. The van der Waals surface area contributed by atoms with Gasteiger partial charge in [0.1, 0.15) is 0 Å². The number of carbonyl (C=O) groups excluding carboxylic acids is 1. The van der Waals surface area contributed by atoms with Crippen molar-refractivity contribution in [2.75, 3.05) is 13.1 Å². The molecule has 0 saturated carbocycles. The highest BCUT2D eigenvalue weighted by atomic mass is 35.5. The van der Waals surface area contributed by atoms with E-state index in [1.807, 2.05) is 42.2 Å². The fourth-order valence-corrected chi connectivity index (χ4v) is 2.99. The quantitative estimate of drug-likeness (QED) is 0.795. The number of likely N-dealkylation sites (tertiary alicyclic amines) is 1. The second-order valence-corrected chi connectivity index (χ2v) is 6.29. The number of hydrogen-bond acceptors (Lipinski definition) is 1. The molecule has 1 fully saturated rings. The predicted molar refractivity (Wildman–Crippen MR) is 86.3 cm³/mol. The van der Waals surface area contributed by atoms with Crippen LogP contribution >= 0.6 is 23.2 Å². The second kappa shape index (κ2) is 5.70. The molecule has 1 aliphatic rings. The second-order valence-electron chi connectivity index (χ2n) is 5.45. The molecule has 1 saturated heterocycles. The summed E-state index contributed by atoms with van der Waals surface area (Å²) in [5.74, 6) is 0.359. The van der Waals surface area contributed by atoms with Crippen LogP contribution in [0.5, 0.6) is 0 Å². The number of nitrogens with zero attached hydrogens (tertiary/aromatic N) is 1. The topological polar surface area (TPSA) is 20.3 Å². The summed E-state index contributed by atoms with van der Waals surface area (Å²) in [7, 11) is 0. The van der Waals surface area contributed by atoms with Crippen LogP contribution in [0.1, 0.15) is 27.4 Å². The molecule has 0 radical (unpaired) electrons. The normalized spacial score (nSPS) is 14.9. The number of amides is 1. The van der Waals surface area contributed by atoms with Crippen molar-refractivity contribution in [1.82, 2.24) is 4.90 Å². The Morgan fingerprint density at radius 2 is 1.90 bits per heavy atom. The largest absolute Gasteiger partial charge is 0.337 e. The average molecular weight is 320 g/mol. The van der Waals surface area contributed by atoms with E-state index in [2.05, 4.69) is 6.07 Å². The number of aryl methyl sites for hydroxylation is 1. The van der Waals surface area contributed by atoms with Gasteiger partial charge >= 0.3 is 0 Å². The summed E-state index contributed by atoms with van der Waals surface area (Å²) in [6.45, 7) is 3.38. The van der Waals surface area contributed by atoms with E-state index >= 15 is 0 Å². The SMILES string of the molecule is Cc1ccc(Cl)c(C(=O)N2CC(c3cccc(Cl)c3)C2)c1. The highest BCUT2D eigenvalue weighted by Crippen LogP contribution is 2.31. The Kier molecular flexibility index (Phi) is 3.92. The summed E-state index contributed by atoms with van der Waals surface area (Å²) in [5, 5.41) is 1.25. The van der Waals surface area contributed by atoms with Crippen LogP contribution in [0.4, 0.5) is 0 Å². The van der Waals surface area contributed by atoms with E-state index in [0.717, 1.165) is 10.6 Å². The van der Waals surface area contributed by atoms with Gasteiger partial charge in [0, 0.05) is 24.0 Å². The molecule has 1 aliphatic heterocycles. The number of benzene rings is 2. The van der Waals surface area contributed by atoms with Crippen LogP contribution < -0.4 is 0 Å². The fraction of sp³-hybridized carbons (Fsp3) is 0.235. The Morgan fingerprint density at radius 3 is 2.62 bits per heavy atom. The van der Waals surface area contributed by atoms with Gasteiger partial charge in [-0.2, -0.15) is 0 Å². The van der Waals surface area contributed by atoms with Gasteiger partial charge in [-0.3, -0.25) is 4.79 Å². The van der Waals surface area contributed by atoms with Crippen LogP contribution in [0, 0.1) is 6.92 Å². The molecule has 1 amide bonds. The zero-order valence-corrected chi connectivity index (χ0v) is 13.2. The minimum absolute atomic E-state index is 0.00183. The number of carbonyl (C=O) groups is 1. The van der Waals surface area contributed by atoms with Crippen LogP contribution in [-0.2, 0) is 0 Å². The van der Waals surface area contributed by atoms with E-state index in [0.29, 0.717) is 29.6 Å². The molecule has 4 heteroatoms. The lowest BCUT2D eigenvalue weighted by atomic mass is 9.91. The number of rotatable bonds is 2. The lowest BCUT2D eigenvalue weighted by molar-refractivity contribution is 0.0602. The average Bonchev–Trinajstić information content (AvgIpc) is 2.40. The summed E-state index contributed by atoms with van der Waals surface area (Å²) in [4.78, 5) is 14.3. The molecule has 0 aromatic heterocycles. The summed E-state index contributed by atoms with van der Waals surface area (Å²) >= 11 is 12.1. The zero-order chi connectivity index (χ0) is 15.0. The third-order valence-corrected chi connectivity index (χ3v) is 4.41. The Labute approximate surface area is 134 Å². The molecule has 0 atom stereocenters. The molecule has 0 N–H and O–H groups in total. The van der Waals surface area contributed by atoms with Gasteiger partial charge in [-0.1, -0.05) is 47.0 Å². The lowest BCUT2D eigenvalue weighted by Crippen LogP contribution is -2.48. The van der Waals surface area contributed by atoms with Crippen LogP contribution in [0.25, 0.3) is 0 Å². The predicted octanol–water partition coefficient (Wildman–Crippen LogP) is 4.54. The van der Waals surface area contributed by atoms with Crippen molar-refractivity contribution < 1.29 is 4.79 Å². The standard InChI is InChI=1S/C17H15Cl2NO/c1-11-5-6-16(19)15(7-11)17(21)20-9-13(10-20)12-3-2-4-14(18)8-12/h2-8,13H,9-10H2,1H3. The zero-order valence-electron chi connectivity index (χ0n) is 11.6. The molecule has 0 unspecified atom stereocenters. The molecule has 108 valence electrons. The highest BCUT2D eigenvalue weighted by Gasteiger charge is 2.33.